The first kappa shape index (κ1) is 21.1. The van der Waals surface area contributed by atoms with Crippen molar-refractivity contribution >= 4 is 0 Å². The summed E-state index contributed by atoms with van der Waals surface area (Å²) in [7, 11) is 0. The third-order valence-corrected chi connectivity index (χ3v) is 6.05. The van der Waals surface area contributed by atoms with E-state index in [9.17, 15) is 0 Å². The van der Waals surface area contributed by atoms with Gasteiger partial charge in [-0.3, -0.25) is 0 Å². The van der Waals surface area contributed by atoms with E-state index in [4.69, 9.17) is 0 Å². The first-order chi connectivity index (χ1) is 15.4. The van der Waals surface area contributed by atoms with Gasteiger partial charge in [-0.25, -0.2) is 0 Å². The van der Waals surface area contributed by atoms with Gasteiger partial charge >= 0.3 is 0 Å². The largest absolute Gasteiger partial charge is 0.0654 e. The molecule has 4 aromatic rings. The normalized spacial score (nSPS) is 10.9. The van der Waals surface area contributed by atoms with Gasteiger partial charge < -0.3 is 0 Å². The molecule has 0 spiro atoms. The van der Waals surface area contributed by atoms with E-state index in [0.29, 0.717) is 0 Å². The third kappa shape index (κ3) is 5.14. The van der Waals surface area contributed by atoms with Crippen molar-refractivity contribution in [2.75, 3.05) is 0 Å². The molecule has 0 saturated carbocycles. The highest BCUT2D eigenvalue weighted by Gasteiger charge is 2.17. The van der Waals surface area contributed by atoms with Crippen molar-refractivity contribution in [3.05, 3.63) is 109 Å². The van der Waals surface area contributed by atoms with Crippen LogP contribution in [-0.4, -0.2) is 0 Å². The minimum absolute atomic E-state index is 1.13. The fourth-order valence-electron chi connectivity index (χ4n) is 4.47. The lowest BCUT2D eigenvalue weighted by molar-refractivity contribution is 0.632. The second-order valence-electron chi connectivity index (χ2n) is 8.28. The van der Waals surface area contributed by atoms with Crippen molar-refractivity contribution in [1.29, 1.82) is 0 Å². The Labute approximate surface area is 187 Å². The summed E-state index contributed by atoms with van der Waals surface area (Å²) in [5.41, 5.74) is 9.37. The molecule has 4 rings (SSSR count). The molecule has 0 aliphatic carbocycles. The number of rotatable bonds is 9. The van der Waals surface area contributed by atoms with Gasteiger partial charge in [-0.2, -0.15) is 0 Å². The fraction of sp³-hybridized carbons (Fsp3) is 0.226. The van der Waals surface area contributed by atoms with Gasteiger partial charge in [-0.1, -0.05) is 136 Å². The van der Waals surface area contributed by atoms with E-state index in [0.717, 1.165) is 6.42 Å². The van der Waals surface area contributed by atoms with Crippen LogP contribution in [0.3, 0.4) is 0 Å². The molecule has 0 N–H and O–H groups in total. The van der Waals surface area contributed by atoms with Gasteiger partial charge in [0.05, 0.1) is 0 Å². The van der Waals surface area contributed by atoms with E-state index in [-0.39, 0.29) is 0 Å². The summed E-state index contributed by atoms with van der Waals surface area (Å²) in [6, 6.07) is 37.4. The molecule has 156 valence electrons. The Morgan fingerprint density at radius 2 is 0.968 bits per heavy atom. The number of hydrogen-bond donors (Lipinski definition) is 0. The molecule has 0 bridgehead atoms. The van der Waals surface area contributed by atoms with Crippen LogP contribution in [0.15, 0.2) is 103 Å². The fourth-order valence-corrected chi connectivity index (χ4v) is 4.47. The summed E-state index contributed by atoms with van der Waals surface area (Å²) in [5.74, 6) is 0. The van der Waals surface area contributed by atoms with E-state index in [1.807, 2.05) is 0 Å². The molecule has 4 aromatic carbocycles. The minimum Gasteiger partial charge on any atom is -0.0654 e. The summed E-state index contributed by atoms with van der Waals surface area (Å²) in [4.78, 5) is 0. The second kappa shape index (κ2) is 10.8. The van der Waals surface area contributed by atoms with Crippen molar-refractivity contribution in [3.8, 4) is 33.4 Å². The van der Waals surface area contributed by atoms with Crippen molar-refractivity contribution < 1.29 is 0 Å². The van der Waals surface area contributed by atoms with E-state index in [1.54, 1.807) is 0 Å². The molecule has 0 aliphatic heterocycles. The highest BCUT2D eigenvalue weighted by atomic mass is 14.2. The van der Waals surface area contributed by atoms with E-state index >= 15 is 0 Å². The number of unbranched alkanes of at least 4 members (excludes halogenated alkanes) is 4. The van der Waals surface area contributed by atoms with Crippen LogP contribution < -0.4 is 0 Å². The Morgan fingerprint density at radius 1 is 0.452 bits per heavy atom. The summed E-state index contributed by atoms with van der Waals surface area (Å²) in [5, 5.41) is 0. The molecule has 0 atom stereocenters. The van der Waals surface area contributed by atoms with Crippen LogP contribution in [0.5, 0.6) is 0 Å². The standard InChI is InChI=1S/C31H32/c1-2-3-4-5-9-22-28-23-24-29(25-16-10-6-11-17-25)31(27-20-14-8-15-21-27)30(28)26-18-12-7-13-19-26/h6-8,10-21,23-24H,2-5,9,22H2,1H3. The van der Waals surface area contributed by atoms with Crippen molar-refractivity contribution in [1.82, 2.24) is 0 Å². The highest BCUT2D eigenvalue weighted by Crippen LogP contribution is 2.42. The van der Waals surface area contributed by atoms with Crippen LogP contribution in [0.1, 0.15) is 44.6 Å². The van der Waals surface area contributed by atoms with Crippen molar-refractivity contribution in [2.24, 2.45) is 0 Å². The van der Waals surface area contributed by atoms with Gasteiger partial charge in [0.25, 0.3) is 0 Å². The van der Waals surface area contributed by atoms with Crippen LogP contribution in [0.4, 0.5) is 0 Å². The van der Waals surface area contributed by atoms with Crippen LogP contribution in [0, 0.1) is 0 Å². The minimum atomic E-state index is 1.13. The highest BCUT2D eigenvalue weighted by molar-refractivity contribution is 5.96. The zero-order valence-corrected chi connectivity index (χ0v) is 18.6. The lowest BCUT2D eigenvalue weighted by atomic mass is 9.83. The predicted octanol–water partition coefficient (Wildman–Crippen LogP) is 9.20. The Balaban J connectivity index is 1.87. The molecule has 0 aromatic heterocycles. The van der Waals surface area contributed by atoms with Crippen LogP contribution in [0.2, 0.25) is 0 Å². The smallest absolute Gasteiger partial charge is 0.00240 e. The maximum atomic E-state index is 2.37. The first-order valence-corrected chi connectivity index (χ1v) is 11.7. The average molecular weight is 405 g/mol. The molecular weight excluding hydrogens is 372 g/mol. The number of benzene rings is 4. The van der Waals surface area contributed by atoms with Crippen LogP contribution in [-0.2, 0) is 6.42 Å². The van der Waals surface area contributed by atoms with E-state index in [1.165, 1.54) is 71.0 Å². The van der Waals surface area contributed by atoms with Gasteiger partial charge in [0.1, 0.15) is 0 Å². The molecule has 0 saturated heterocycles. The number of hydrogen-bond acceptors (Lipinski definition) is 0. The van der Waals surface area contributed by atoms with Gasteiger partial charge in [0, 0.05) is 0 Å². The Bertz CT molecular complexity index is 1060. The molecule has 0 unspecified atom stereocenters. The quantitative estimate of drug-likeness (QED) is 0.244. The summed E-state index contributed by atoms with van der Waals surface area (Å²) in [6.07, 6.45) is 7.66. The van der Waals surface area contributed by atoms with Gasteiger partial charge in [0.2, 0.25) is 0 Å². The SMILES string of the molecule is CCCCCCCc1ccc(-c2ccccc2)c(-c2ccccc2)c1-c1ccccc1. The van der Waals surface area contributed by atoms with Gasteiger partial charge in [-0.15, -0.1) is 0 Å². The molecular formula is C31H32. The Morgan fingerprint density at radius 3 is 1.55 bits per heavy atom. The van der Waals surface area contributed by atoms with Gasteiger partial charge in [-0.05, 0) is 51.8 Å². The van der Waals surface area contributed by atoms with Crippen molar-refractivity contribution in [3.63, 3.8) is 0 Å². The molecule has 0 nitrogen and oxygen atoms in total. The van der Waals surface area contributed by atoms with Crippen LogP contribution in [0.25, 0.3) is 33.4 Å². The Kier molecular flexibility index (Phi) is 7.34. The maximum Gasteiger partial charge on any atom is -0.00240 e. The molecule has 0 fully saturated rings. The molecule has 0 amide bonds. The molecule has 0 radical (unpaired) electrons. The number of aryl methyl sites for hydroxylation is 1. The predicted molar refractivity (Wildman–Crippen MR) is 135 cm³/mol. The lowest BCUT2D eigenvalue weighted by Crippen LogP contribution is -1.97. The summed E-state index contributed by atoms with van der Waals surface area (Å²) < 4.78 is 0. The molecule has 0 heteroatoms. The third-order valence-electron chi connectivity index (χ3n) is 6.05. The van der Waals surface area contributed by atoms with E-state index in [2.05, 4.69) is 110 Å². The zero-order valence-electron chi connectivity index (χ0n) is 18.6. The Hall–Kier alpha value is -3.12. The maximum absolute atomic E-state index is 2.37. The average Bonchev–Trinajstić information content (AvgIpc) is 2.85. The summed E-state index contributed by atoms with van der Waals surface area (Å²) in [6.45, 7) is 2.28. The molecule has 0 heterocycles. The first-order valence-electron chi connectivity index (χ1n) is 11.7. The monoisotopic (exact) mass is 404 g/mol. The lowest BCUT2D eigenvalue weighted by Gasteiger charge is -2.20. The molecule has 0 aliphatic rings. The second-order valence-corrected chi connectivity index (χ2v) is 8.28. The zero-order chi connectivity index (χ0) is 21.3. The van der Waals surface area contributed by atoms with Gasteiger partial charge in [0.15, 0.2) is 0 Å². The van der Waals surface area contributed by atoms with Crippen molar-refractivity contribution in [2.45, 2.75) is 45.4 Å². The topological polar surface area (TPSA) is 0 Å². The summed E-state index contributed by atoms with van der Waals surface area (Å²) >= 11 is 0. The van der Waals surface area contributed by atoms with E-state index < -0.39 is 0 Å². The molecule has 31 heavy (non-hydrogen) atoms. The van der Waals surface area contributed by atoms with Crippen LogP contribution >= 0.6 is 0 Å².